The van der Waals surface area contributed by atoms with E-state index in [1.807, 2.05) is 30.0 Å². The summed E-state index contributed by atoms with van der Waals surface area (Å²) in [5.41, 5.74) is 1.84. The Morgan fingerprint density at radius 2 is 1.90 bits per heavy atom. The van der Waals surface area contributed by atoms with Crippen molar-refractivity contribution in [1.82, 2.24) is 4.90 Å². The van der Waals surface area contributed by atoms with Crippen LogP contribution in [-0.2, 0) is 0 Å². The largest absolute Gasteiger partial charge is 0.494 e. The molecule has 0 atom stereocenters. The lowest BCUT2D eigenvalue weighted by Crippen LogP contribution is -2.48. The van der Waals surface area contributed by atoms with Gasteiger partial charge in [0.25, 0.3) is 5.91 Å². The first kappa shape index (κ1) is 20.1. The molecule has 3 aromatic rings. The molecule has 2 heterocycles. The fourth-order valence-corrected chi connectivity index (χ4v) is 3.96. The number of carbonyl (C=O) groups excluding carboxylic acids is 1. The minimum absolute atomic E-state index is 0.0290. The molecule has 0 spiro atoms. The van der Waals surface area contributed by atoms with Gasteiger partial charge in [0.1, 0.15) is 11.3 Å². The number of aromatic carboxylic acids is 1. The summed E-state index contributed by atoms with van der Waals surface area (Å²) in [5.74, 6) is -0.625. The Morgan fingerprint density at radius 3 is 2.60 bits per heavy atom. The van der Waals surface area contributed by atoms with Gasteiger partial charge in [0.2, 0.25) is 5.76 Å². The van der Waals surface area contributed by atoms with Crippen LogP contribution in [0.3, 0.4) is 0 Å². The average molecular weight is 429 g/mol. The van der Waals surface area contributed by atoms with Crippen molar-refractivity contribution in [1.29, 1.82) is 0 Å². The molecule has 1 aliphatic heterocycles. The lowest BCUT2D eigenvalue weighted by molar-refractivity contribution is 0.0664. The fraction of sp³-hybridized carbons (Fsp3) is 0.273. The standard InChI is InChI=1S/C22H21ClN2O5/c1-2-29-15-5-3-4-14(12-15)21(26)25-10-8-24(9-11-25)17-6-7-18-16(20(17)23)13-19(30-18)22(27)28/h3-7,12-13H,2,8-11H2,1H3,(H,27,28). The second-order valence-electron chi connectivity index (χ2n) is 6.97. The number of carboxylic acids is 1. The Kier molecular flexibility index (Phi) is 5.55. The Balaban J connectivity index is 1.48. The van der Waals surface area contributed by atoms with Crippen LogP contribution in [0.25, 0.3) is 11.0 Å². The van der Waals surface area contributed by atoms with E-state index in [1.165, 1.54) is 6.07 Å². The van der Waals surface area contributed by atoms with Crippen LogP contribution < -0.4 is 9.64 Å². The van der Waals surface area contributed by atoms with E-state index in [0.717, 1.165) is 5.69 Å². The summed E-state index contributed by atoms with van der Waals surface area (Å²) in [5, 5.41) is 10.1. The molecule has 2 aromatic carbocycles. The summed E-state index contributed by atoms with van der Waals surface area (Å²) in [7, 11) is 0. The van der Waals surface area contributed by atoms with Crippen molar-refractivity contribution in [2.75, 3.05) is 37.7 Å². The maximum atomic E-state index is 12.9. The number of rotatable bonds is 5. The molecule has 4 rings (SSSR count). The molecule has 0 radical (unpaired) electrons. The number of fused-ring (bicyclic) bond motifs is 1. The fourth-order valence-electron chi connectivity index (χ4n) is 3.63. The van der Waals surface area contributed by atoms with Crippen molar-refractivity contribution in [3.05, 3.63) is 58.8 Å². The van der Waals surface area contributed by atoms with E-state index in [2.05, 4.69) is 4.90 Å². The predicted molar refractivity (Wildman–Crippen MR) is 114 cm³/mol. The molecule has 1 aromatic heterocycles. The van der Waals surface area contributed by atoms with Crippen molar-refractivity contribution in [2.45, 2.75) is 6.92 Å². The molecule has 30 heavy (non-hydrogen) atoms. The van der Waals surface area contributed by atoms with Gasteiger partial charge in [0.05, 0.1) is 17.3 Å². The van der Waals surface area contributed by atoms with E-state index in [9.17, 15) is 9.59 Å². The monoisotopic (exact) mass is 428 g/mol. The van der Waals surface area contributed by atoms with Crippen molar-refractivity contribution in [3.63, 3.8) is 0 Å². The maximum Gasteiger partial charge on any atom is 0.371 e. The molecule has 0 unspecified atom stereocenters. The minimum Gasteiger partial charge on any atom is -0.494 e. The smallest absolute Gasteiger partial charge is 0.371 e. The molecule has 156 valence electrons. The van der Waals surface area contributed by atoms with Crippen LogP contribution >= 0.6 is 11.6 Å². The molecule has 0 bridgehead atoms. The minimum atomic E-state index is -1.13. The van der Waals surface area contributed by atoms with Crippen LogP contribution in [0, 0.1) is 0 Å². The van der Waals surface area contributed by atoms with Gasteiger partial charge in [-0.25, -0.2) is 4.79 Å². The first-order chi connectivity index (χ1) is 14.5. The summed E-state index contributed by atoms with van der Waals surface area (Å²) in [4.78, 5) is 27.9. The Hall–Kier alpha value is -3.19. The zero-order valence-electron chi connectivity index (χ0n) is 16.4. The Bertz CT molecular complexity index is 1100. The van der Waals surface area contributed by atoms with Gasteiger partial charge in [0, 0.05) is 43.2 Å². The maximum absolute atomic E-state index is 12.9. The van der Waals surface area contributed by atoms with Gasteiger partial charge >= 0.3 is 5.97 Å². The van der Waals surface area contributed by atoms with Gasteiger partial charge in [0.15, 0.2) is 0 Å². The second-order valence-corrected chi connectivity index (χ2v) is 7.34. The van der Waals surface area contributed by atoms with E-state index >= 15 is 0 Å². The van der Waals surface area contributed by atoms with E-state index in [-0.39, 0.29) is 11.7 Å². The number of benzene rings is 2. The Morgan fingerprint density at radius 1 is 1.13 bits per heavy atom. The van der Waals surface area contributed by atoms with Crippen molar-refractivity contribution in [3.8, 4) is 5.75 Å². The van der Waals surface area contributed by atoms with Crippen molar-refractivity contribution in [2.24, 2.45) is 0 Å². The molecule has 1 N–H and O–H groups in total. The first-order valence-corrected chi connectivity index (χ1v) is 10.1. The molecule has 8 heteroatoms. The number of carboxylic acid groups (broad SMARTS) is 1. The third-order valence-corrected chi connectivity index (χ3v) is 5.52. The van der Waals surface area contributed by atoms with E-state index in [1.54, 1.807) is 18.2 Å². The van der Waals surface area contributed by atoms with Crippen LogP contribution in [0.5, 0.6) is 5.75 Å². The Labute approximate surface area is 178 Å². The van der Waals surface area contributed by atoms with Crippen LogP contribution in [0.2, 0.25) is 5.02 Å². The first-order valence-electron chi connectivity index (χ1n) is 9.70. The number of halogens is 1. The van der Waals surface area contributed by atoms with Crippen molar-refractivity contribution < 1.29 is 23.8 Å². The van der Waals surface area contributed by atoms with Crippen LogP contribution in [-0.4, -0.2) is 54.7 Å². The number of carbonyl (C=O) groups is 2. The van der Waals surface area contributed by atoms with E-state index in [0.29, 0.717) is 60.1 Å². The van der Waals surface area contributed by atoms with Crippen molar-refractivity contribution >= 4 is 40.1 Å². The lowest BCUT2D eigenvalue weighted by Gasteiger charge is -2.36. The number of nitrogens with zero attached hydrogens (tertiary/aromatic N) is 2. The highest BCUT2D eigenvalue weighted by atomic mass is 35.5. The third kappa shape index (κ3) is 3.80. The predicted octanol–water partition coefficient (Wildman–Crippen LogP) is 4.15. The molecular formula is C22H21ClN2O5. The number of anilines is 1. The molecule has 7 nitrogen and oxygen atoms in total. The highest BCUT2D eigenvalue weighted by Crippen LogP contribution is 2.36. The van der Waals surface area contributed by atoms with E-state index < -0.39 is 5.97 Å². The molecule has 0 saturated carbocycles. The SMILES string of the molecule is CCOc1cccc(C(=O)N2CCN(c3ccc4oc(C(=O)O)cc4c3Cl)CC2)c1. The number of ether oxygens (including phenoxy) is 1. The topological polar surface area (TPSA) is 83.2 Å². The van der Waals surface area contributed by atoms with Crippen LogP contribution in [0.4, 0.5) is 5.69 Å². The molecule has 1 saturated heterocycles. The quantitative estimate of drug-likeness (QED) is 0.657. The molecular weight excluding hydrogens is 408 g/mol. The summed E-state index contributed by atoms with van der Waals surface area (Å²) in [6, 6.07) is 12.2. The highest BCUT2D eigenvalue weighted by molar-refractivity contribution is 6.38. The summed E-state index contributed by atoms with van der Waals surface area (Å²) in [6.07, 6.45) is 0. The summed E-state index contributed by atoms with van der Waals surface area (Å²) in [6.45, 7) is 4.79. The van der Waals surface area contributed by atoms with Crippen LogP contribution in [0.1, 0.15) is 27.8 Å². The normalized spacial score (nSPS) is 14.2. The van der Waals surface area contributed by atoms with Gasteiger partial charge in [-0.1, -0.05) is 17.7 Å². The molecule has 1 aliphatic rings. The van der Waals surface area contributed by atoms with E-state index in [4.69, 9.17) is 25.9 Å². The lowest BCUT2D eigenvalue weighted by atomic mass is 10.1. The molecule has 1 amide bonds. The van der Waals surface area contributed by atoms with Gasteiger partial charge in [-0.2, -0.15) is 0 Å². The van der Waals surface area contributed by atoms with Gasteiger partial charge in [-0.15, -0.1) is 0 Å². The third-order valence-electron chi connectivity index (χ3n) is 5.13. The number of furan rings is 1. The average Bonchev–Trinajstić information content (AvgIpc) is 3.20. The number of hydrogen-bond acceptors (Lipinski definition) is 5. The van der Waals surface area contributed by atoms with Crippen LogP contribution in [0.15, 0.2) is 46.9 Å². The van der Waals surface area contributed by atoms with Gasteiger partial charge < -0.3 is 24.1 Å². The molecule has 1 fully saturated rings. The number of amides is 1. The number of piperazine rings is 1. The summed E-state index contributed by atoms with van der Waals surface area (Å²) < 4.78 is 10.8. The molecule has 0 aliphatic carbocycles. The number of hydrogen-bond donors (Lipinski definition) is 1. The highest BCUT2D eigenvalue weighted by Gasteiger charge is 2.25. The zero-order valence-corrected chi connectivity index (χ0v) is 17.2. The van der Waals surface area contributed by atoms with Gasteiger partial charge in [-0.3, -0.25) is 4.79 Å². The van der Waals surface area contributed by atoms with Gasteiger partial charge in [-0.05, 0) is 37.3 Å². The second kappa shape index (κ2) is 8.28. The zero-order chi connectivity index (χ0) is 21.3. The summed E-state index contributed by atoms with van der Waals surface area (Å²) >= 11 is 6.55.